The molecule has 3 rings (SSSR count). The van der Waals surface area contributed by atoms with Gasteiger partial charge in [0.1, 0.15) is 9.84 Å². The maximum Gasteiger partial charge on any atom is 0.150 e. The van der Waals surface area contributed by atoms with Gasteiger partial charge in [-0.1, -0.05) is 30.2 Å². The zero-order chi connectivity index (χ0) is 17.2. The molecule has 1 aromatic heterocycles. The monoisotopic (exact) mass is 347 g/mol. The number of aromatic amines is 1. The van der Waals surface area contributed by atoms with Crippen molar-refractivity contribution < 1.29 is 8.42 Å². The molecule has 1 saturated carbocycles. The number of aromatic nitrogens is 2. The van der Waals surface area contributed by atoms with Crippen molar-refractivity contribution >= 4 is 9.84 Å². The number of rotatable bonds is 5. The molecule has 2 N–H and O–H groups in total. The molecule has 1 aliphatic carbocycles. The fraction of sp³-hybridized carbons (Fsp3) is 0.500. The molecule has 1 heterocycles. The Hall–Kier alpha value is -1.66. The van der Waals surface area contributed by atoms with Crippen molar-refractivity contribution in [2.24, 2.45) is 0 Å². The van der Waals surface area contributed by atoms with Crippen LogP contribution < -0.4 is 5.32 Å². The Balaban J connectivity index is 1.67. The van der Waals surface area contributed by atoms with Gasteiger partial charge in [-0.15, -0.1) is 0 Å². The molecular formula is C18H25N3O2S. The highest BCUT2D eigenvalue weighted by Crippen LogP contribution is 2.25. The Morgan fingerprint density at radius 1 is 1.33 bits per heavy atom. The van der Waals surface area contributed by atoms with E-state index in [0.717, 1.165) is 36.1 Å². The lowest BCUT2D eigenvalue weighted by Crippen LogP contribution is -2.38. The van der Waals surface area contributed by atoms with Gasteiger partial charge in [0.05, 0.1) is 17.1 Å². The first kappa shape index (κ1) is 17.2. The van der Waals surface area contributed by atoms with Gasteiger partial charge < -0.3 is 5.32 Å². The molecule has 0 radical (unpaired) electrons. The second-order valence-electron chi connectivity index (χ2n) is 6.84. The lowest BCUT2D eigenvalue weighted by atomic mass is 9.94. The quantitative estimate of drug-likeness (QED) is 0.872. The van der Waals surface area contributed by atoms with Crippen LogP contribution in [0.4, 0.5) is 0 Å². The van der Waals surface area contributed by atoms with E-state index < -0.39 is 9.84 Å². The number of H-pyrrole nitrogens is 1. The van der Waals surface area contributed by atoms with Crippen LogP contribution >= 0.6 is 0 Å². The Morgan fingerprint density at radius 3 is 2.92 bits per heavy atom. The lowest BCUT2D eigenvalue weighted by Gasteiger charge is -2.28. The summed E-state index contributed by atoms with van der Waals surface area (Å²) in [7, 11) is -2.95. The summed E-state index contributed by atoms with van der Waals surface area (Å²) in [5, 5.41) is 10.6. The molecule has 130 valence electrons. The summed E-state index contributed by atoms with van der Waals surface area (Å²) in [4.78, 5) is 0. The van der Waals surface area contributed by atoms with Gasteiger partial charge in [0.25, 0.3) is 0 Å². The molecule has 24 heavy (non-hydrogen) atoms. The first-order chi connectivity index (χ1) is 11.4. The van der Waals surface area contributed by atoms with Gasteiger partial charge in [0.2, 0.25) is 0 Å². The third-order valence-electron chi connectivity index (χ3n) is 4.84. The van der Waals surface area contributed by atoms with Gasteiger partial charge in [-0.3, -0.25) is 5.10 Å². The lowest BCUT2D eigenvalue weighted by molar-refractivity contribution is 0.371. The highest BCUT2D eigenvalue weighted by atomic mass is 32.2. The molecule has 0 bridgehead atoms. The predicted molar refractivity (Wildman–Crippen MR) is 96.5 cm³/mol. The normalized spacial score (nSPS) is 21.8. The van der Waals surface area contributed by atoms with Crippen LogP contribution in [-0.4, -0.2) is 36.2 Å². The average Bonchev–Trinajstić information content (AvgIpc) is 3.01. The maximum atomic E-state index is 11.8. The molecule has 5 nitrogen and oxygen atoms in total. The first-order valence-electron chi connectivity index (χ1n) is 8.45. The molecule has 0 aliphatic heterocycles. The Labute approximate surface area is 143 Å². The standard InChI is InChI=1S/C18H25N3O2S/c1-13-5-3-6-14(9-13)18-15(12-20-21-18)11-19-16-7-4-8-17(10-16)24(2,22)23/h3,5-6,9,12,16-17,19H,4,7-8,10-11H2,1-2H3,(H,20,21)/t16-,17+/m1/s1. The van der Waals surface area contributed by atoms with Crippen molar-refractivity contribution in [1.82, 2.24) is 15.5 Å². The molecule has 0 unspecified atom stereocenters. The molecule has 6 heteroatoms. The molecule has 0 saturated heterocycles. The third-order valence-corrected chi connectivity index (χ3v) is 6.48. The largest absolute Gasteiger partial charge is 0.310 e. The van der Waals surface area contributed by atoms with Crippen LogP contribution in [0.1, 0.15) is 36.8 Å². The van der Waals surface area contributed by atoms with E-state index in [9.17, 15) is 8.42 Å². The number of benzene rings is 1. The maximum absolute atomic E-state index is 11.8. The number of nitrogens with one attached hydrogen (secondary N) is 2. The number of aryl methyl sites for hydroxylation is 1. The first-order valence-corrected chi connectivity index (χ1v) is 10.4. The van der Waals surface area contributed by atoms with E-state index in [1.165, 1.54) is 11.8 Å². The topological polar surface area (TPSA) is 74.8 Å². The smallest absolute Gasteiger partial charge is 0.150 e. The molecule has 2 atom stereocenters. The molecule has 1 aromatic carbocycles. The van der Waals surface area contributed by atoms with E-state index in [4.69, 9.17) is 0 Å². The second-order valence-corrected chi connectivity index (χ2v) is 9.16. The SMILES string of the molecule is Cc1cccc(-c2[nH]ncc2CN[C@@H]2CCC[C@H](S(C)(=O)=O)C2)c1. The van der Waals surface area contributed by atoms with E-state index in [1.807, 2.05) is 12.3 Å². The van der Waals surface area contributed by atoms with E-state index >= 15 is 0 Å². The average molecular weight is 347 g/mol. The van der Waals surface area contributed by atoms with Crippen LogP contribution in [0.3, 0.4) is 0 Å². The Morgan fingerprint density at radius 2 is 2.17 bits per heavy atom. The van der Waals surface area contributed by atoms with Crippen LogP contribution in [0.2, 0.25) is 0 Å². The van der Waals surface area contributed by atoms with Gasteiger partial charge in [-0.05, 0) is 32.3 Å². The molecule has 1 fully saturated rings. The Kier molecular flexibility index (Phi) is 5.06. The second kappa shape index (κ2) is 7.07. The number of sulfone groups is 1. The van der Waals surface area contributed by atoms with Crippen LogP contribution in [0.5, 0.6) is 0 Å². The van der Waals surface area contributed by atoms with Crippen LogP contribution in [-0.2, 0) is 16.4 Å². The summed E-state index contributed by atoms with van der Waals surface area (Å²) in [5.74, 6) is 0. The molecular weight excluding hydrogens is 322 g/mol. The van der Waals surface area contributed by atoms with Crippen molar-refractivity contribution in [3.05, 3.63) is 41.6 Å². The van der Waals surface area contributed by atoms with Gasteiger partial charge in [-0.2, -0.15) is 5.10 Å². The number of hydrogen-bond acceptors (Lipinski definition) is 4. The highest BCUT2D eigenvalue weighted by Gasteiger charge is 2.28. The Bertz CT molecular complexity index is 798. The van der Waals surface area contributed by atoms with Gasteiger partial charge >= 0.3 is 0 Å². The van der Waals surface area contributed by atoms with Gasteiger partial charge in [0.15, 0.2) is 0 Å². The van der Waals surface area contributed by atoms with Crippen molar-refractivity contribution in [1.29, 1.82) is 0 Å². The fourth-order valence-electron chi connectivity index (χ4n) is 3.47. The predicted octanol–water partition coefficient (Wildman–Crippen LogP) is 2.83. The van der Waals surface area contributed by atoms with Crippen molar-refractivity contribution in [3.63, 3.8) is 0 Å². The minimum Gasteiger partial charge on any atom is -0.310 e. The summed E-state index contributed by atoms with van der Waals surface area (Å²) in [6.45, 7) is 2.77. The number of hydrogen-bond donors (Lipinski definition) is 2. The molecule has 1 aliphatic rings. The van der Waals surface area contributed by atoms with Crippen molar-refractivity contribution in [2.45, 2.75) is 50.4 Å². The summed E-state index contributed by atoms with van der Waals surface area (Å²) >= 11 is 0. The van der Waals surface area contributed by atoms with Crippen LogP contribution in [0.15, 0.2) is 30.5 Å². The van der Waals surface area contributed by atoms with Crippen molar-refractivity contribution in [3.8, 4) is 11.3 Å². The minimum absolute atomic E-state index is 0.204. The number of nitrogens with zero attached hydrogens (tertiary/aromatic N) is 1. The fourth-order valence-corrected chi connectivity index (χ4v) is 4.65. The van der Waals surface area contributed by atoms with Crippen LogP contribution in [0, 0.1) is 6.92 Å². The zero-order valence-corrected chi connectivity index (χ0v) is 15.1. The summed E-state index contributed by atoms with van der Waals surface area (Å²) in [6, 6.07) is 8.58. The summed E-state index contributed by atoms with van der Waals surface area (Å²) in [5.41, 5.74) is 4.48. The summed E-state index contributed by atoms with van der Waals surface area (Å²) < 4.78 is 23.6. The van der Waals surface area contributed by atoms with Crippen LogP contribution in [0.25, 0.3) is 11.3 Å². The highest BCUT2D eigenvalue weighted by molar-refractivity contribution is 7.91. The van der Waals surface area contributed by atoms with Gasteiger partial charge in [0, 0.05) is 30.0 Å². The molecule has 0 spiro atoms. The van der Waals surface area contributed by atoms with E-state index in [0.29, 0.717) is 13.0 Å². The summed E-state index contributed by atoms with van der Waals surface area (Å²) in [6.07, 6.45) is 6.69. The zero-order valence-electron chi connectivity index (χ0n) is 14.2. The minimum atomic E-state index is -2.95. The third kappa shape index (κ3) is 4.05. The molecule has 0 amide bonds. The van der Waals surface area contributed by atoms with E-state index in [1.54, 1.807) is 0 Å². The van der Waals surface area contributed by atoms with Crippen molar-refractivity contribution in [2.75, 3.05) is 6.26 Å². The van der Waals surface area contributed by atoms with Gasteiger partial charge in [-0.25, -0.2) is 8.42 Å². The molecule has 2 aromatic rings. The van der Waals surface area contributed by atoms with E-state index in [-0.39, 0.29) is 11.3 Å². The van der Waals surface area contributed by atoms with E-state index in [2.05, 4.69) is 40.6 Å².